The minimum atomic E-state index is -4.84. The Balaban J connectivity index is 1.63. The van der Waals surface area contributed by atoms with Crippen molar-refractivity contribution in [2.24, 2.45) is 0 Å². The van der Waals surface area contributed by atoms with E-state index in [0.29, 0.717) is 4.90 Å². The summed E-state index contributed by atoms with van der Waals surface area (Å²) in [6.45, 7) is 1.38. The molecular weight excluding hydrogens is 633 g/mol. The van der Waals surface area contributed by atoms with Crippen molar-refractivity contribution >= 4 is 65.4 Å². The summed E-state index contributed by atoms with van der Waals surface area (Å²) in [7, 11) is -14.0. The van der Waals surface area contributed by atoms with Crippen LogP contribution in [0.4, 0.5) is 0 Å². The van der Waals surface area contributed by atoms with Crippen molar-refractivity contribution in [2.45, 2.75) is 51.0 Å². The van der Waals surface area contributed by atoms with E-state index in [1.807, 2.05) is 42.7 Å². The Kier molecular flexibility index (Phi) is 9.12. The molecule has 4 rings (SSSR count). The number of benzene rings is 4. The van der Waals surface area contributed by atoms with Crippen LogP contribution in [0.15, 0.2) is 129 Å². The number of hydrogen-bond donors (Lipinski definition) is 2. The van der Waals surface area contributed by atoms with E-state index in [2.05, 4.69) is 0 Å². The lowest BCUT2D eigenvalue weighted by molar-refractivity contribution is 0.479. The van der Waals surface area contributed by atoms with Gasteiger partial charge in [0.1, 0.15) is 4.90 Å². The summed E-state index contributed by atoms with van der Waals surface area (Å²) < 4.78 is 93.5. The summed E-state index contributed by atoms with van der Waals surface area (Å²) in [5, 5.41) is 0. The van der Waals surface area contributed by atoms with Gasteiger partial charge in [0, 0.05) is 24.5 Å². The number of aryl methyl sites for hydroxylation is 1. The number of thioether (sulfide) groups is 1. The van der Waals surface area contributed by atoms with Crippen LogP contribution in [0.25, 0.3) is 0 Å². The first kappa shape index (κ1) is 30.7. The number of sulfone groups is 1. The van der Waals surface area contributed by atoms with Crippen molar-refractivity contribution in [3.8, 4) is 0 Å². The van der Waals surface area contributed by atoms with E-state index in [-0.39, 0.29) is 10.5 Å². The van der Waals surface area contributed by atoms with Crippen LogP contribution in [0.2, 0.25) is 0 Å². The molecular formula is C26H22O8S6. The first-order valence-corrected chi connectivity index (χ1v) is 18.5. The predicted octanol–water partition coefficient (Wildman–Crippen LogP) is 6.35. The summed E-state index contributed by atoms with van der Waals surface area (Å²) in [5.41, 5.74) is 0.129. The molecule has 0 spiro atoms. The van der Waals surface area contributed by atoms with Gasteiger partial charge in [0.05, 0.1) is 14.7 Å². The molecule has 0 heterocycles. The summed E-state index contributed by atoms with van der Waals surface area (Å²) in [4.78, 5) is 1.77. The molecule has 4 aromatic rings. The summed E-state index contributed by atoms with van der Waals surface area (Å²) in [6.07, 6.45) is 2.00. The first-order chi connectivity index (χ1) is 18.7. The monoisotopic (exact) mass is 654 g/mol. The van der Waals surface area contributed by atoms with Crippen LogP contribution >= 0.6 is 35.3 Å². The highest BCUT2D eigenvalue weighted by molar-refractivity contribution is 8.00. The Morgan fingerprint density at radius 3 is 1.45 bits per heavy atom. The fourth-order valence-electron chi connectivity index (χ4n) is 3.59. The lowest BCUT2D eigenvalue weighted by atomic mass is 10.2. The molecule has 0 bridgehead atoms. The van der Waals surface area contributed by atoms with Crippen molar-refractivity contribution in [3.63, 3.8) is 0 Å². The molecule has 0 aromatic heterocycles. The number of hydrogen-bond acceptors (Lipinski definition) is 9. The maximum absolute atomic E-state index is 13.2. The summed E-state index contributed by atoms with van der Waals surface area (Å²) in [5.74, 6) is 0. The minimum Gasteiger partial charge on any atom is -0.282 e. The largest absolute Gasteiger partial charge is 0.295 e. The third kappa shape index (κ3) is 7.12. The number of rotatable bonds is 9. The molecule has 0 unspecified atom stereocenters. The van der Waals surface area contributed by atoms with E-state index in [4.69, 9.17) is 0 Å². The molecule has 4 aromatic carbocycles. The Bertz CT molecular complexity index is 1880. The maximum Gasteiger partial charge on any atom is 0.295 e. The van der Waals surface area contributed by atoms with Gasteiger partial charge in [0.15, 0.2) is 0 Å². The fraction of sp³-hybridized carbons (Fsp3) is 0.0769. The molecule has 0 radical (unpaired) electrons. The van der Waals surface area contributed by atoms with Crippen molar-refractivity contribution in [2.75, 3.05) is 6.26 Å². The zero-order valence-electron chi connectivity index (χ0n) is 20.9. The van der Waals surface area contributed by atoms with Gasteiger partial charge in [-0.25, -0.2) is 8.42 Å². The zero-order chi connectivity index (χ0) is 29.3. The van der Waals surface area contributed by atoms with Crippen LogP contribution in [0.5, 0.6) is 0 Å². The standard InChI is InChI=1S/C26H22O8S6/c1-17-3-12-22(15-25(17)39(29,30)31)38(27,28)23-13-14-24(26(16-23)40(32,33)34)37-21-10-8-20(9-11-21)36-19-6-4-18(35-2)5-7-19/h3-16H,1-2H3,(H,29,30,31)(H,32,33,34). The van der Waals surface area contributed by atoms with Gasteiger partial charge in [-0.15, -0.1) is 11.8 Å². The van der Waals surface area contributed by atoms with Crippen molar-refractivity contribution < 1.29 is 34.4 Å². The van der Waals surface area contributed by atoms with Gasteiger partial charge in [0.2, 0.25) is 9.84 Å². The van der Waals surface area contributed by atoms with Crippen LogP contribution in [-0.4, -0.2) is 40.6 Å². The highest BCUT2D eigenvalue weighted by Crippen LogP contribution is 2.37. The van der Waals surface area contributed by atoms with Gasteiger partial charge in [-0.2, -0.15) is 16.8 Å². The van der Waals surface area contributed by atoms with Gasteiger partial charge >= 0.3 is 0 Å². The van der Waals surface area contributed by atoms with Gasteiger partial charge in [-0.05, 0) is 97.6 Å². The average Bonchev–Trinajstić information content (AvgIpc) is 2.89. The molecule has 210 valence electrons. The molecule has 0 atom stereocenters. The van der Waals surface area contributed by atoms with E-state index >= 15 is 0 Å². The summed E-state index contributed by atoms with van der Waals surface area (Å²) in [6, 6.07) is 21.8. The Labute approximate surface area is 246 Å². The normalized spacial score (nSPS) is 12.4. The molecule has 0 saturated carbocycles. The molecule has 8 nitrogen and oxygen atoms in total. The molecule has 14 heteroatoms. The first-order valence-electron chi connectivity index (χ1n) is 11.2. The van der Waals surface area contributed by atoms with Crippen LogP contribution < -0.4 is 0 Å². The van der Waals surface area contributed by atoms with E-state index in [9.17, 15) is 34.4 Å². The van der Waals surface area contributed by atoms with Gasteiger partial charge in [-0.1, -0.05) is 29.6 Å². The predicted molar refractivity (Wildman–Crippen MR) is 156 cm³/mol. The van der Waals surface area contributed by atoms with Gasteiger partial charge < -0.3 is 0 Å². The second-order valence-corrected chi connectivity index (χ2v) is 16.2. The smallest absolute Gasteiger partial charge is 0.282 e. The van der Waals surface area contributed by atoms with E-state index in [1.54, 1.807) is 35.7 Å². The quantitative estimate of drug-likeness (QED) is 0.154. The molecule has 0 amide bonds. The molecule has 0 aliphatic carbocycles. The molecule has 0 saturated heterocycles. The lowest BCUT2D eigenvalue weighted by Crippen LogP contribution is -2.08. The van der Waals surface area contributed by atoms with Gasteiger partial charge in [0.25, 0.3) is 20.2 Å². The van der Waals surface area contributed by atoms with Crippen LogP contribution in [0.1, 0.15) is 5.56 Å². The summed E-state index contributed by atoms with van der Waals surface area (Å²) >= 11 is 4.24. The van der Waals surface area contributed by atoms with E-state index in [1.165, 1.54) is 25.1 Å². The van der Waals surface area contributed by atoms with E-state index < -0.39 is 49.7 Å². The molecule has 0 aliphatic rings. The molecule has 0 aliphatic heterocycles. The van der Waals surface area contributed by atoms with E-state index in [0.717, 1.165) is 44.6 Å². The highest BCUT2D eigenvalue weighted by Gasteiger charge is 2.26. The topological polar surface area (TPSA) is 143 Å². The minimum absolute atomic E-state index is 0.0945. The second kappa shape index (κ2) is 11.9. The Hall–Kier alpha value is -2.30. The van der Waals surface area contributed by atoms with Crippen molar-refractivity contribution in [3.05, 3.63) is 90.5 Å². The highest BCUT2D eigenvalue weighted by atomic mass is 32.2. The SMILES string of the molecule is CSc1ccc(Sc2ccc(Sc3ccc(S(=O)(=O)c4ccc(C)c(S(=O)(=O)O)c4)cc3S(=O)(=O)O)cc2)cc1. The Morgan fingerprint density at radius 1 is 0.550 bits per heavy atom. The van der Waals surface area contributed by atoms with Crippen molar-refractivity contribution in [1.29, 1.82) is 0 Å². The molecule has 0 fully saturated rings. The molecule has 40 heavy (non-hydrogen) atoms. The van der Waals surface area contributed by atoms with Crippen LogP contribution in [0.3, 0.4) is 0 Å². The maximum atomic E-state index is 13.2. The Morgan fingerprint density at radius 2 is 0.975 bits per heavy atom. The second-order valence-electron chi connectivity index (χ2n) is 8.34. The average molecular weight is 655 g/mol. The fourth-order valence-corrected chi connectivity index (χ4v) is 8.88. The zero-order valence-corrected chi connectivity index (χ0v) is 25.8. The van der Waals surface area contributed by atoms with Crippen LogP contribution in [-0.2, 0) is 30.1 Å². The van der Waals surface area contributed by atoms with Crippen LogP contribution in [0, 0.1) is 6.92 Å². The third-order valence-corrected chi connectivity index (χ3v) is 12.2. The van der Waals surface area contributed by atoms with Gasteiger partial charge in [-0.3, -0.25) is 9.11 Å². The van der Waals surface area contributed by atoms with Crippen molar-refractivity contribution in [1.82, 2.24) is 0 Å². The molecule has 2 N–H and O–H groups in total. The third-order valence-electron chi connectivity index (χ3n) is 5.60. The lowest BCUT2D eigenvalue weighted by Gasteiger charge is -2.12.